The number of aryl methyl sites for hydroxylation is 1. The van der Waals surface area contributed by atoms with E-state index in [2.05, 4.69) is 20.4 Å². The van der Waals surface area contributed by atoms with Crippen molar-refractivity contribution in [2.45, 2.75) is 37.8 Å². The maximum atomic E-state index is 6.08. The zero-order valence-corrected chi connectivity index (χ0v) is 12.9. The second kappa shape index (κ2) is 5.14. The van der Waals surface area contributed by atoms with Crippen molar-refractivity contribution in [1.29, 1.82) is 0 Å². The van der Waals surface area contributed by atoms with Gasteiger partial charge in [0.1, 0.15) is 12.1 Å². The molecule has 4 heterocycles. The Hall–Kier alpha value is -1.34. The zero-order chi connectivity index (χ0) is 14.3. The van der Waals surface area contributed by atoms with E-state index in [1.807, 2.05) is 24.8 Å². The molecule has 112 valence electrons. The van der Waals surface area contributed by atoms with Crippen molar-refractivity contribution < 1.29 is 4.74 Å². The Morgan fingerprint density at radius 1 is 1.52 bits per heavy atom. The third-order valence-electron chi connectivity index (χ3n) is 4.29. The Labute approximate surface area is 127 Å². The quantitative estimate of drug-likeness (QED) is 0.914. The number of hydrogen-bond donors (Lipinski definition) is 1. The molecule has 0 unspecified atom stereocenters. The summed E-state index contributed by atoms with van der Waals surface area (Å²) < 4.78 is 7.86. The Morgan fingerprint density at radius 3 is 3.33 bits per heavy atom. The summed E-state index contributed by atoms with van der Waals surface area (Å²) in [6, 6.07) is 2.46. The molecular weight excluding hydrogens is 286 g/mol. The van der Waals surface area contributed by atoms with Crippen LogP contribution in [-0.4, -0.2) is 49.3 Å². The number of nitrogens with zero attached hydrogens (tertiary/aromatic N) is 4. The second-order valence-electron chi connectivity index (χ2n) is 5.92. The van der Waals surface area contributed by atoms with Gasteiger partial charge >= 0.3 is 0 Å². The van der Waals surface area contributed by atoms with Gasteiger partial charge in [-0.05, 0) is 31.9 Å². The molecule has 1 N–H and O–H groups in total. The number of ether oxygens (including phenoxy) is 1. The first-order valence-electron chi connectivity index (χ1n) is 7.40. The van der Waals surface area contributed by atoms with Crippen molar-refractivity contribution >= 4 is 23.4 Å². The normalized spacial score (nSPS) is 29.3. The highest BCUT2D eigenvalue weighted by Gasteiger charge is 2.40. The molecule has 7 heteroatoms. The van der Waals surface area contributed by atoms with E-state index >= 15 is 0 Å². The summed E-state index contributed by atoms with van der Waals surface area (Å²) in [4.78, 5) is 8.56. The monoisotopic (exact) mass is 305 g/mol. The molecule has 1 spiro atoms. The van der Waals surface area contributed by atoms with E-state index in [1.54, 1.807) is 10.8 Å². The summed E-state index contributed by atoms with van der Waals surface area (Å²) in [5.41, 5.74) is 1.04. The van der Waals surface area contributed by atoms with Gasteiger partial charge in [-0.1, -0.05) is 0 Å². The molecule has 2 aromatic rings. The zero-order valence-electron chi connectivity index (χ0n) is 12.1. The van der Waals surface area contributed by atoms with Gasteiger partial charge in [0.05, 0.1) is 5.60 Å². The van der Waals surface area contributed by atoms with Crippen LogP contribution in [0.15, 0.2) is 12.4 Å². The van der Waals surface area contributed by atoms with Crippen LogP contribution < -0.4 is 5.32 Å². The SMILES string of the molecule is Cc1cc(N[C@H]2CCO[C@@]3(CCSC3)C2)n2ncnc2n1. The van der Waals surface area contributed by atoms with E-state index in [4.69, 9.17) is 4.74 Å². The van der Waals surface area contributed by atoms with Gasteiger partial charge in [-0.25, -0.2) is 4.98 Å². The number of anilines is 1. The van der Waals surface area contributed by atoms with Crippen molar-refractivity contribution in [3.63, 3.8) is 0 Å². The van der Waals surface area contributed by atoms with Gasteiger partial charge in [-0.15, -0.1) is 0 Å². The Morgan fingerprint density at radius 2 is 2.48 bits per heavy atom. The fraction of sp³-hybridized carbons (Fsp3) is 0.643. The highest BCUT2D eigenvalue weighted by molar-refractivity contribution is 7.99. The maximum absolute atomic E-state index is 6.08. The topological polar surface area (TPSA) is 64.3 Å². The summed E-state index contributed by atoms with van der Waals surface area (Å²) in [7, 11) is 0. The third-order valence-corrected chi connectivity index (χ3v) is 5.52. The highest BCUT2D eigenvalue weighted by atomic mass is 32.2. The first kappa shape index (κ1) is 13.3. The number of fused-ring (bicyclic) bond motifs is 1. The summed E-state index contributed by atoms with van der Waals surface area (Å²) in [6.45, 7) is 2.82. The van der Waals surface area contributed by atoms with Crippen LogP contribution in [0.5, 0.6) is 0 Å². The van der Waals surface area contributed by atoms with Crippen LogP contribution in [0.4, 0.5) is 5.82 Å². The van der Waals surface area contributed by atoms with E-state index in [0.29, 0.717) is 11.8 Å². The van der Waals surface area contributed by atoms with Crippen LogP contribution in [0.3, 0.4) is 0 Å². The number of nitrogens with one attached hydrogen (secondary N) is 1. The summed E-state index contributed by atoms with van der Waals surface area (Å²) in [5.74, 6) is 3.96. The van der Waals surface area contributed by atoms with Gasteiger partial charge < -0.3 is 10.1 Å². The summed E-state index contributed by atoms with van der Waals surface area (Å²) in [5, 5.41) is 7.89. The van der Waals surface area contributed by atoms with E-state index in [1.165, 1.54) is 12.2 Å². The number of thioether (sulfide) groups is 1. The minimum absolute atomic E-state index is 0.0874. The van der Waals surface area contributed by atoms with Gasteiger partial charge in [0.25, 0.3) is 5.78 Å². The highest BCUT2D eigenvalue weighted by Crippen LogP contribution is 2.38. The van der Waals surface area contributed by atoms with Gasteiger partial charge in [-0.3, -0.25) is 0 Å². The van der Waals surface area contributed by atoms with Crippen LogP contribution >= 0.6 is 11.8 Å². The fourth-order valence-electron chi connectivity index (χ4n) is 3.26. The molecule has 2 aromatic heterocycles. The minimum atomic E-state index is 0.0874. The standard InChI is InChI=1S/C14H19N5OS/c1-10-6-12(19-13(17-10)15-9-16-19)18-11-2-4-20-14(7-11)3-5-21-8-14/h6,9,11,18H,2-5,7-8H2,1H3/t11-,14-/m0/s1. The lowest BCUT2D eigenvalue weighted by Gasteiger charge is -2.38. The number of aromatic nitrogens is 4. The van der Waals surface area contributed by atoms with Gasteiger partial charge in [0.2, 0.25) is 0 Å². The lowest BCUT2D eigenvalue weighted by atomic mass is 9.90. The molecule has 0 aromatic carbocycles. The van der Waals surface area contributed by atoms with Crippen LogP contribution in [0.1, 0.15) is 25.0 Å². The second-order valence-corrected chi connectivity index (χ2v) is 7.03. The van der Waals surface area contributed by atoms with Crippen molar-refractivity contribution in [1.82, 2.24) is 19.6 Å². The number of hydrogen-bond acceptors (Lipinski definition) is 6. The summed E-state index contributed by atoms with van der Waals surface area (Å²) in [6.07, 6.45) is 4.82. The third kappa shape index (κ3) is 2.48. The lowest BCUT2D eigenvalue weighted by Crippen LogP contribution is -2.44. The van der Waals surface area contributed by atoms with Crippen molar-refractivity contribution in [3.05, 3.63) is 18.1 Å². The average molecular weight is 305 g/mol. The maximum Gasteiger partial charge on any atom is 0.254 e. The molecule has 0 saturated carbocycles. The van der Waals surface area contributed by atoms with Crippen molar-refractivity contribution in [3.8, 4) is 0 Å². The molecule has 6 nitrogen and oxygen atoms in total. The molecule has 2 saturated heterocycles. The molecule has 2 aliphatic heterocycles. The number of rotatable bonds is 2. The predicted octanol–water partition coefficient (Wildman–Crippen LogP) is 1.90. The van der Waals surface area contributed by atoms with E-state index in [9.17, 15) is 0 Å². The van der Waals surface area contributed by atoms with Crippen molar-refractivity contribution in [2.24, 2.45) is 0 Å². The molecular formula is C14H19N5OS. The molecule has 0 aliphatic carbocycles. The lowest BCUT2D eigenvalue weighted by molar-refractivity contribution is -0.0628. The first-order valence-corrected chi connectivity index (χ1v) is 8.55. The van der Waals surface area contributed by atoms with Gasteiger partial charge in [0, 0.05) is 30.2 Å². The fourth-order valence-corrected chi connectivity index (χ4v) is 4.64. The van der Waals surface area contributed by atoms with Crippen LogP contribution in [-0.2, 0) is 4.74 Å². The predicted molar refractivity (Wildman–Crippen MR) is 82.8 cm³/mol. The first-order chi connectivity index (χ1) is 10.2. The summed E-state index contributed by atoms with van der Waals surface area (Å²) >= 11 is 2.00. The van der Waals surface area contributed by atoms with Crippen LogP contribution in [0.2, 0.25) is 0 Å². The molecule has 2 fully saturated rings. The molecule has 2 atom stereocenters. The molecule has 4 rings (SSSR count). The van der Waals surface area contributed by atoms with Crippen molar-refractivity contribution in [2.75, 3.05) is 23.4 Å². The molecule has 21 heavy (non-hydrogen) atoms. The van der Waals surface area contributed by atoms with Gasteiger partial charge in [0.15, 0.2) is 0 Å². The Bertz CT molecular complexity index is 652. The molecule has 2 aliphatic rings. The van der Waals surface area contributed by atoms with Crippen LogP contribution in [0, 0.1) is 6.92 Å². The minimum Gasteiger partial charge on any atom is -0.374 e. The molecule has 0 amide bonds. The average Bonchev–Trinajstić information content (AvgIpc) is 3.08. The Balaban J connectivity index is 1.58. The van der Waals surface area contributed by atoms with Crippen LogP contribution in [0.25, 0.3) is 5.78 Å². The van der Waals surface area contributed by atoms with E-state index in [0.717, 1.165) is 36.7 Å². The van der Waals surface area contributed by atoms with E-state index in [-0.39, 0.29) is 5.60 Å². The van der Waals surface area contributed by atoms with E-state index < -0.39 is 0 Å². The molecule has 0 bridgehead atoms. The smallest absolute Gasteiger partial charge is 0.254 e. The largest absolute Gasteiger partial charge is 0.374 e. The molecule has 0 radical (unpaired) electrons. The van der Waals surface area contributed by atoms with Gasteiger partial charge in [-0.2, -0.15) is 26.4 Å². The Kier molecular flexibility index (Phi) is 3.26.